The number of aromatic carboxylic acids is 1. The molecule has 0 saturated carbocycles. The number of halogens is 2. The number of methoxy groups -OCH3 is 1. The number of hydrogen-bond acceptors (Lipinski definition) is 7. The van der Waals surface area contributed by atoms with Gasteiger partial charge in [0.1, 0.15) is 24.1 Å². The Balaban J connectivity index is 1.44. The zero-order valence-corrected chi connectivity index (χ0v) is 22.8. The third-order valence-electron chi connectivity index (χ3n) is 6.82. The largest absolute Gasteiger partial charge is 0.478 e. The van der Waals surface area contributed by atoms with E-state index in [1.54, 1.807) is 28.8 Å². The molecule has 0 radical (unpaired) electrons. The fraction of sp³-hybridized carbons (Fsp3) is 0.156. The number of carboxylic acids is 1. The third-order valence-corrected chi connectivity index (χ3v) is 6.82. The maximum absolute atomic E-state index is 15.6. The van der Waals surface area contributed by atoms with Crippen molar-refractivity contribution in [1.82, 2.24) is 14.5 Å². The Morgan fingerprint density at radius 2 is 1.84 bits per heavy atom. The van der Waals surface area contributed by atoms with Crippen LogP contribution >= 0.6 is 0 Å². The minimum atomic E-state index is -1.08. The molecule has 214 valence electrons. The lowest BCUT2D eigenvalue weighted by Crippen LogP contribution is -2.10. The van der Waals surface area contributed by atoms with E-state index >= 15 is 4.39 Å². The van der Waals surface area contributed by atoms with Crippen molar-refractivity contribution in [1.29, 1.82) is 10.5 Å². The number of ether oxygens (including phenoxy) is 2. The summed E-state index contributed by atoms with van der Waals surface area (Å²) in [5.74, 6) is -1.69. The lowest BCUT2D eigenvalue weighted by atomic mass is 9.99. The molecule has 1 N–H and O–H groups in total. The Kier molecular flexibility index (Phi) is 8.37. The van der Waals surface area contributed by atoms with Crippen LogP contribution in [-0.4, -0.2) is 39.3 Å². The number of pyridine rings is 1. The van der Waals surface area contributed by atoms with Crippen molar-refractivity contribution in [2.75, 3.05) is 13.7 Å². The molecule has 3 aromatic carbocycles. The average molecular weight is 580 g/mol. The van der Waals surface area contributed by atoms with Crippen LogP contribution in [0.15, 0.2) is 66.7 Å². The van der Waals surface area contributed by atoms with Crippen LogP contribution in [0.2, 0.25) is 0 Å². The molecule has 2 aromatic heterocycles. The van der Waals surface area contributed by atoms with Crippen LogP contribution in [0.25, 0.3) is 22.3 Å². The number of rotatable bonds is 10. The van der Waals surface area contributed by atoms with Gasteiger partial charge in [-0.25, -0.2) is 23.5 Å². The summed E-state index contributed by atoms with van der Waals surface area (Å²) in [6.45, 7) is 0.517. The molecular formula is C32H23F2N5O4. The first kappa shape index (κ1) is 28.9. The SMILES string of the molecule is COCCn1c(Cc2c(F)cc(-c3cccc(OCc4ccc(C#N)cc4F)n3)cc2C#N)nc2ccc(C(=O)O)cc21. The summed E-state index contributed by atoms with van der Waals surface area (Å²) < 4.78 is 42.5. The molecule has 2 heterocycles. The number of carbonyl (C=O) groups is 1. The lowest BCUT2D eigenvalue weighted by molar-refractivity contribution is 0.0697. The van der Waals surface area contributed by atoms with Gasteiger partial charge in [-0.2, -0.15) is 10.5 Å². The second-order valence-electron chi connectivity index (χ2n) is 9.52. The molecule has 0 spiro atoms. The molecule has 5 rings (SSSR count). The van der Waals surface area contributed by atoms with Gasteiger partial charge in [-0.1, -0.05) is 12.1 Å². The van der Waals surface area contributed by atoms with E-state index in [-0.39, 0.29) is 46.7 Å². The monoisotopic (exact) mass is 579 g/mol. The molecule has 0 aliphatic heterocycles. The van der Waals surface area contributed by atoms with Gasteiger partial charge in [0, 0.05) is 42.8 Å². The number of nitriles is 2. The molecular weight excluding hydrogens is 556 g/mol. The van der Waals surface area contributed by atoms with Crippen LogP contribution in [0, 0.1) is 34.3 Å². The molecule has 0 amide bonds. The third kappa shape index (κ3) is 6.17. The Morgan fingerprint density at radius 1 is 1.00 bits per heavy atom. The molecule has 0 fully saturated rings. The fourth-order valence-corrected chi connectivity index (χ4v) is 4.64. The summed E-state index contributed by atoms with van der Waals surface area (Å²) in [7, 11) is 1.53. The minimum Gasteiger partial charge on any atom is -0.478 e. The Labute approximate surface area is 244 Å². The molecule has 0 bridgehead atoms. The lowest BCUT2D eigenvalue weighted by Gasteiger charge is -2.12. The van der Waals surface area contributed by atoms with E-state index < -0.39 is 17.6 Å². The summed E-state index contributed by atoms with van der Waals surface area (Å²) in [5, 5.41) is 28.3. The van der Waals surface area contributed by atoms with Crippen molar-refractivity contribution in [3.8, 4) is 29.3 Å². The minimum absolute atomic E-state index is 0.0253. The van der Waals surface area contributed by atoms with E-state index in [9.17, 15) is 19.6 Å². The molecule has 0 unspecified atom stereocenters. The van der Waals surface area contributed by atoms with E-state index in [1.165, 1.54) is 43.5 Å². The normalized spacial score (nSPS) is 10.8. The zero-order valence-electron chi connectivity index (χ0n) is 22.8. The van der Waals surface area contributed by atoms with E-state index in [4.69, 9.17) is 14.7 Å². The van der Waals surface area contributed by atoms with Gasteiger partial charge in [-0.3, -0.25) is 0 Å². The van der Waals surface area contributed by atoms with Gasteiger partial charge in [0.25, 0.3) is 0 Å². The number of aromatic nitrogens is 3. The molecule has 9 nitrogen and oxygen atoms in total. The number of imidazole rings is 1. The highest BCUT2D eigenvalue weighted by atomic mass is 19.1. The number of fused-ring (bicyclic) bond motifs is 1. The molecule has 0 aliphatic rings. The van der Waals surface area contributed by atoms with E-state index in [1.807, 2.05) is 6.07 Å². The molecule has 0 atom stereocenters. The second kappa shape index (κ2) is 12.5. The smallest absolute Gasteiger partial charge is 0.335 e. The van der Waals surface area contributed by atoms with Crippen molar-refractivity contribution in [3.05, 3.63) is 112 Å². The van der Waals surface area contributed by atoms with Gasteiger partial charge in [0.2, 0.25) is 5.88 Å². The van der Waals surface area contributed by atoms with E-state index in [2.05, 4.69) is 16.0 Å². The summed E-state index contributed by atoms with van der Waals surface area (Å²) in [6.07, 6.45) is -0.0253. The number of hydrogen-bond donors (Lipinski definition) is 1. The van der Waals surface area contributed by atoms with Gasteiger partial charge >= 0.3 is 5.97 Å². The maximum atomic E-state index is 15.6. The Hall–Kier alpha value is -5.65. The summed E-state index contributed by atoms with van der Waals surface area (Å²) >= 11 is 0. The first-order chi connectivity index (χ1) is 20.8. The van der Waals surface area contributed by atoms with Crippen molar-refractivity contribution < 1.29 is 28.2 Å². The van der Waals surface area contributed by atoms with Crippen molar-refractivity contribution in [2.45, 2.75) is 19.6 Å². The highest BCUT2D eigenvalue weighted by Crippen LogP contribution is 2.28. The van der Waals surface area contributed by atoms with Gasteiger partial charge in [-0.05, 0) is 48.5 Å². The van der Waals surface area contributed by atoms with Crippen LogP contribution < -0.4 is 4.74 Å². The molecule has 43 heavy (non-hydrogen) atoms. The highest BCUT2D eigenvalue weighted by Gasteiger charge is 2.19. The molecule has 0 aliphatic carbocycles. The fourth-order valence-electron chi connectivity index (χ4n) is 4.64. The van der Waals surface area contributed by atoms with Crippen LogP contribution in [0.1, 0.15) is 38.4 Å². The average Bonchev–Trinajstić information content (AvgIpc) is 3.36. The Bertz CT molecular complexity index is 1940. The maximum Gasteiger partial charge on any atom is 0.335 e. The van der Waals surface area contributed by atoms with Gasteiger partial charge < -0.3 is 19.1 Å². The van der Waals surface area contributed by atoms with Crippen molar-refractivity contribution >= 4 is 17.0 Å². The first-order valence-electron chi connectivity index (χ1n) is 13.0. The predicted molar refractivity (Wildman–Crippen MR) is 151 cm³/mol. The van der Waals surface area contributed by atoms with Crippen LogP contribution in [-0.2, 0) is 24.3 Å². The van der Waals surface area contributed by atoms with Crippen molar-refractivity contribution in [2.24, 2.45) is 0 Å². The quantitative estimate of drug-likeness (QED) is 0.225. The second-order valence-corrected chi connectivity index (χ2v) is 9.52. The number of carboxylic acid groups (broad SMARTS) is 1. The van der Waals surface area contributed by atoms with Crippen LogP contribution in [0.3, 0.4) is 0 Å². The van der Waals surface area contributed by atoms with Gasteiger partial charge in [0.15, 0.2) is 0 Å². The zero-order chi connectivity index (χ0) is 30.5. The molecule has 5 aromatic rings. The topological polar surface area (TPSA) is 134 Å². The van der Waals surface area contributed by atoms with Gasteiger partial charge in [0.05, 0.1) is 52.2 Å². The number of benzene rings is 3. The van der Waals surface area contributed by atoms with Crippen molar-refractivity contribution in [3.63, 3.8) is 0 Å². The summed E-state index contributed by atoms with van der Waals surface area (Å²) in [5.41, 5.74) is 2.51. The summed E-state index contributed by atoms with van der Waals surface area (Å²) in [4.78, 5) is 20.5. The van der Waals surface area contributed by atoms with Crippen LogP contribution in [0.5, 0.6) is 5.88 Å². The highest BCUT2D eigenvalue weighted by molar-refractivity contribution is 5.92. The molecule has 11 heteroatoms. The van der Waals surface area contributed by atoms with Gasteiger partial charge in [-0.15, -0.1) is 0 Å². The summed E-state index contributed by atoms with van der Waals surface area (Å²) in [6, 6.07) is 20.2. The Morgan fingerprint density at radius 3 is 2.56 bits per heavy atom. The predicted octanol–water partition coefficient (Wildman–Crippen LogP) is 5.63. The van der Waals surface area contributed by atoms with Crippen LogP contribution in [0.4, 0.5) is 8.78 Å². The molecule has 0 saturated heterocycles. The van der Waals surface area contributed by atoms with E-state index in [0.29, 0.717) is 41.3 Å². The van der Waals surface area contributed by atoms with E-state index in [0.717, 1.165) is 6.07 Å². The standard InChI is InChI=1S/C32H23F2N5O4/c1-42-10-9-39-29-14-20(32(40)41)7-8-28(29)37-30(39)15-24-23(17-36)12-22(13-26(24)34)27-3-2-4-31(38-27)43-18-21-6-5-19(16-35)11-25(21)33/h2-8,11-14H,9-10,15,18H2,1H3,(H,40,41). The first-order valence-corrected chi connectivity index (χ1v) is 13.0. The number of nitrogens with zero attached hydrogens (tertiary/aromatic N) is 5.